The molecule has 1 aromatic carbocycles. The summed E-state index contributed by atoms with van der Waals surface area (Å²) in [6, 6.07) is 4.28. The van der Waals surface area contributed by atoms with Crippen LogP contribution in [-0.4, -0.2) is 26.8 Å². The van der Waals surface area contributed by atoms with Gasteiger partial charge < -0.3 is 10.4 Å². The Morgan fingerprint density at radius 3 is 2.82 bits per heavy atom. The first-order valence-corrected chi connectivity index (χ1v) is 6.87. The molecule has 2 unspecified atom stereocenters. The molecule has 1 amide bonds. The Balaban J connectivity index is 1.88. The van der Waals surface area contributed by atoms with Crippen LogP contribution in [0.15, 0.2) is 36.7 Å². The first-order valence-electron chi connectivity index (χ1n) is 6.87. The molecular weight excluding hydrogens is 292 g/mol. The van der Waals surface area contributed by atoms with Gasteiger partial charge in [0.1, 0.15) is 0 Å². The quantitative estimate of drug-likeness (QED) is 0.855. The summed E-state index contributed by atoms with van der Waals surface area (Å²) in [5.74, 6) is -2.27. The zero-order chi connectivity index (χ0) is 16.1. The summed E-state index contributed by atoms with van der Waals surface area (Å²) in [6.07, 6.45) is 2.44. The van der Waals surface area contributed by atoms with E-state index in [-0.39, 0.29) is 17.9 Å². The smallest absolute Gasteiger partial charge is 0.222 e. The molecule has 0 saturated carbocycles. The number of carbonyl (C=O) groups is 1. The fourth-order valence-electron chi connectivity index (χ4n) is 2.04. The van der Waals surface area contributed by atoms with E-state index >= 15 is 0 Å². The molecule has 0 spiro atoms. The molecule has 0 saturated heterocycles. The lowest BCUT2D eigenvalue weighted by atomic mass is 10.0. The summed E-state index contributed by atoms with van der Waals surface area (Å²) in [5, 5.41) is 16.7. The van der Waals surface area contributed by atoms with E-state index < -0.39 is 23.8 Å². The summed E-state index contributed by atoms with van der Waals surface area (Å²) >= 11 is 0. The molecule has 2 aromatic rings. The Hall–Kier alpha value is -2.28. The van der Waals surface area contributed by atoms with Gasteiger partial charge in [-0.25, -0.2) is 8.78 Å². The average Bonchev–Trinajstić information content (AvgIpc) is 3.00. The number of aliphatic hydroxyl groups is 1. The second kappa shape index (κ2) is 7.13. The zero-order valence-electron chi connectivity index (χ0n) is 12.0. The maximum absolute atomic E-state index is 13.2. The molecule has 1 aromatic heterocycles. The highest BCUT2D eigenvalue weighted by molar-refractivity contribution is 5.76. The summed E-state index contributed by atoms with van der Waals surface area (Å²) in [6.45, 7) is 2.02. The van der Waals surface area contributed by atoms with E-state index in [2.05, 4.69) is 10.4 Å². The number of hydrogen-bond acceptors (Lipinski definition) is 3. The zero-order valence-corrected chi connectivity index (χ0v) is 12.0. The number of hydrogen-bond donors (Lipinski definition) is 2. The second-order valence-corrected chi connectivity index (χ2v) is 4.99. The van der Waals surface area contributed by atoms with Gasteiger partial charge >= 0.3 is 0 Å². The van der Waals surface area contributed by atoms with Crippen molar-refractivity contribution < 1.29 is 18.7 Å². The van der Waals surface area contributed by atoms with Crippen molar-refractivity contribution in [1.82, 2.24) is 15.1 Å². The van der Waals surface area contributed by atoms with Crippen molar-refractivity contribution in [2.45, 2.75) is 32.0 Å². The number of carbonyl (C=O) groups excluding carboxylic acids is 1. The molecule has 22 heavy (non-hydrogen) atoms. The molecule has 7 heteroatoms. The lowest BCUT2D eigenvalue weighted by molar-refractivity contribution is -0.122. The summed E-state index contributed by atoms with van der Waals surface area (Å²) < 4.78 is 27.7. The number of amides is 1. The number of nitrogens with one attached hydrogen (secondary N) is 1. The largest absolute Gasteiger partial charge is 0.386 e. The SMILES string of the molecule is CC(NC(=O)CCn1cccn1)C(O)c1ccc(F)c(F)c1. The van der Waals surface area contributed by atoms with Crippen molar-refractivity contribution in [2.24, 2.45) is 0 Å². The predicted molar refractivity (Wildman–Crippen MR) is 75.8 cm³/mol. The van der Waals surface area contributed by atoms with Gasteiger partial charge in [0, 0.05) is 25.4 Å². The van der Waals surface area contributed by atoms with Crippen LogP contribution in [0.2, 0.25) is 0 Å². The van der Waals surface area contributed by atoms with Gasteiger partial charge in [0.05, 0.1) is 12.1 Å². The molecular formula is C15H17F2N3O2. The summed E-state index contributed by atoms with van der Waals surface area (Å²) in [7, 11) is 0. The first-order chi connectivity index (χ1) is 10.5. The second-order valence-electron chi connectivity index (χ2n) is 4.99. The van der Waals surface area contributed by atoms with Crippen LogP contribution in [0.25, 0.3) is 0 Å². The predicted octanol–water partition coefficient (Wildman–Crippen LogP) is 1.79. The Bertz CT molecular complexity index is 632. The fourth-order valence-corrected chi connectivity index (χ4v) is 2.04. The van der Waals surface area contributed by atoms with E-state index in [1.54, 1.807) is 30.1 Å². The van der Waals surface area contributed by atoms with Crippen molar-refractivity contribution in [3.05, 3.63) is 53.9 Å². The Kier molecular flexibility index (Phi) is 5.21. The highest BCUT2D eigenvalue weighted by Crippen LogP contribution is 2.19. The van der Waals surface area contributed by atoms with Crippen LogP contribution in [0.4, 0.5) is 8.78 Å². The van der Waals surface area contributed by atoms with E-state index in [9.17, 15) is 18.7 Å². The fraction of sp³-hybridized carbons (Fsp3) is 0.333. The van der Waals surface area contributed by atoms with Gasteiger partial charge in [0.15, 0.2) is 11.6 Å². The van der Waals surface area contributed by atoms with E-state index in [1.165, 1.54) is 6.07 Å². The number of nitrogens with zero attached hydrogens (tertiary/aromatic N) is 2. The van der Waals surface area contributed by atoms with Gasteiger partial charge in [-0.3, -0.25) is 9.48 Å². The van der Waals surface area contributed by atoms with Gasteiger partial charge in [-0.05, 0) is 30.7 Å². The van der Waals surface area contributed by atoms with Gasteiger partial charge in [-0.2, -0.15) is 5.10 Å². The normalized spacial score (nSPS) is 13.6. The average molecular weight is 309 g/mol. The number of aromatic nitrogens is 2. The third kappa shape index (κ3) is 4.11. The van der Waals surface area contributed by atoms with Gasteiger partial charge in [-0.1, -0.05) is 6.07 Å². The number of rotatable bonds is 6. The Morgan fingerprint density at radius 1 is 1.41 bits per heavy atom. The van der Waals surface area contributed by atoms with E-state index in [0.29, 0.717) is 6.54 Å². The van der Waals surface area contributed by atoms with Crippen LogP contribution in [0, 0.1) is 11.6 Å². The lowest BCUT2D eigenvalue weighted by Crippen LogP contribution is -2.37. The molecule has 0 radical (unpaired) electrons. The van der Waals surface area contributed by atoms with Crippen LogP contribution >= 0.6 is 0 Å². The number of halogens is 2. The molecule has 0 fully saturated rings. The number of benzene rings is 1. The Labute approximate surface area is 126 Å². The summed E-state index contributed by atoms with van der Waals surface area (Å²) in [5.41, 5.74) is 0.207. The molecule has 5 nitrogen and oxygen atoms in total. The van der Waals surface area contributed by atoms with E-state index in [0.717, 1.165) is 12.1 Å². The molecule has 2 rings (SSSR count). The third-order valence-electron chi connectivity index (χ3n) is 3.27. The first kappa shape index (κ1) is 16.1. The lowest BCUT2D eigenvalue weighted by Gasteiger charge is -2.20. The maximum Gasteiger partial charge on any atom is 0.222 e. The molecule has 118 valence electrons. The highest BCUT2D eigenvalue weighted by atomic mass is 19.2. The highest BCUT2D eigenvalue weighted by Gasteiger charge is 2.19. The minimum atomic E-state index is -1.12. The molecule has 0 aliphatic carbocycles. The summed E-state index contributed by atoms with van der Waals surface area (Å²) in [4.78, 5) is 11.8. The van der Waals surface area contributed by atoms with Crippen molar-refractivity contribution in [3.8, 4) is 0 Å². The van der Waals surface area contributed by atoms with Crippen molar-refractivity contribution in [1.29, 1.82) is 0 Å². The molecule has 0 aliphatic heterocycles. The molecule has 2 N–H and O–H groups in total. The van der Waals surface area contributed by atoms with E-state index in [4.69, 9.17) is 0 Å². The van der Waals surface area contributed by atoms with E-state index in [1.807, 2.05) is 0 Å². The van der Waals surface area contributed by atoms with Crippen molar-refractivity contribution in [3.63, 3.8) is 0 Å². The standard InChI is InChI=1S/C15H17F2N3O2/c1-10(15(22)11-3-4-12(16)13(17)9-11)19-14(21)5-8-20-7-2-6-18-20/h2-4,6-7,9-10,15,22H,5,8H2,1H3,(H,19,21). The van der Waals surface area contributed by atoms with Crippen LogP contribution in [0.1, 0.15) is 25.0 Å². The molecule has 1 heterocycles. The molecule has 2 atom stereocenters. The van der Waals surface area contributed by atoms with Crippen molar-refractivity contribution >= 4 is 5.91 Å². The maximum atomic E-state index is 13.2. The van der Waals surface area contributed by atoms with Gasteiger partial charge in [0.2, 0.25) is 5.91 Å². The third-order valence-corrected chi connectivity index (χ3v) is 3.27. The van der Waals surface area contributed by atoms with Gasteiger partial charge in [0.25, 0.3) is 0 Å². The number of aliphatic hydroxyl groups excluding tert-OH is 1. The molecule has 0 bridgehead atoms. The Morgan fingerprint density at radius 2 is 2.18 bits per heavy atom. The van der Waals surface area contributed by atoms with Crippen LogP contribution in [-0.2, 0) is 11.3 Å². The minimum absolute atomic E-state index is 0.205. The van der Waals surface area contributed by atoms with Crippen LogP contribution in [0.3, 0.4) is 0 Å². The van der Waals surface area contributed by atoms with Crippen molar-refractivity contribution in [2.75, 3.05) is 0 Å². The number of aryl methyl sites for hydroxylation is 1. The van der Waals surface area contributed by atoms with Gasteiger partial charge in [-0.15, -0.1) is 0 Å². The monoisotopic (exact) mass is 309 g/mol. The van der Waals surface area contributed by atoms with Crippen LogP contribution < -0.4 is 5.32 Å². The van der Waals surface area contributed by atoms with Crippen LogP contribution in [0.5, 0.6) is 0 Å². The molecule has 0 aliphatic rings. The minimum Gasteiger partial charge on any atom is -0.386 e. The topological polar surface area (TPSA) is 67.2 Å².